The molecule has 0 amide bonds. The van der Waals surface area contributed by atoms with Gasteiger partial charge in [0, 0.05) is 31.3 Å². The van der Waals surface area contributed by atoms with E-state index in [1.54, 1.807) is 24.5 Å². The molecule has 0 saturated carbocycles. The third-order valence-corrected chi connectivity index (χ3v) is 2.56. The number of pyridine rings is 2. The van der Waals surface area contributed by atoms with Crippen LogP contribution in [-0.2, 0) is 11.3 Å². The topological polar surface area (TPSA) is 61.2 Å². The molecule has 0 saturated heterocycles. The van der Waals surface area contributed by atoms with E-state index in [1.165, 1.54) is 10.8 Å². The average Bonchev–Trinajstić information content (AvgIpc) is 2.43. The predicted octanol–water partition coefficient (Wildman–Crippen LogP) is 1.22. The van der Waals surface area contributed by atoms with Crippen molar-refractivity contribution in [3.05, 3.63) is 64.1 Å². The van der Waals surface area contributed by atoms with Crippen LogP contribution in [0.5, 0.6) is 0 Å². The zero-order valence-corrected chi connectivity index (χ0v) is 10.2. The summed E-state index contributed by atoms with van der Waals surface area (Å²) in [5, 5.41) is 0. The van der Waals surface area contributed by atoms with E-state index < -0.39 is 17.2 Å². The molecule has 0 radical (unpaired) electrons. The van der Waals surface area contributed by atoms with Crippen LogP contribution in [0, 0.1) is 5.82 Å². The SMILES string of the molecule is COC(=O)c1cn(Cc2ccncc2)cc(F)c1=O. The number of carbonyl (C=O) groups excluding carboxylic acids is 1. The molecule has 0 bridgehead atoms. The summed E-state index contributed by atoms with van der Waals surface area (Å²) in [6.07, 6.45) is 5.54. The molecule has 0 fully saturated rings. The van der Waals surface area contributed by atoms with Crippen LogP contribution in [0.25, 0.3) is 0 Å². The number of hydrogen-bond donors (Lipinski definition) is 0. The third-order valence-electron chi connectivity index (χ3n) is 2.56. The fourth-order valence-electron chi connectivity index (χ4n) is 1.64. The lowest BCUT2D eigenvalue weighted by Gasteiger charge is -2.08. The number of rotatable bonds is 3. The smallest absolute Gasteiger partial charge is 0.343 e. The zero-order valence-electron chi connectivity index (χ0n) is 10.2. The van der Waals surface area contributed by atoms with Crippen molar-refractivity contribution >= 4 is 5.97 Å². The molecule has 0 aliphatic heterocycles. The molecule has 6 heteroatoms. The minimum absolute atomic E-state index is 0.323. The van der Waals surface area contributed by atoms with Crippen molar-refractivity contribution < 1.29 is 13.9 Å². The quantitative estimate of drug-likeness (QED) is 0.780. The Labute approximate surface area is 108 Å². The van der Waals surface area contributed by atoms with Gasteiger partial charge in [-0.1, -0.05) is 0 Å². The van der Waals surface area contributed by atoms with Gasteiger partial charge in [0.05, 0.1) is 7.11 Å². The number of ether oxygens (including phenoxy) is 1. The summed E-state index contributed by atoms with van der Waals surface area (Å²) >= 11 is 0. The van der Waals surface area contributed by atoms with Crippen LogP contribution in [0.1, 0.15) is 15.9 Å². The molecular formula is C13H11FN2O3. The van der Waals surface area contributed by atoms with Gasteiger partial charge in [-0.25, -0.2) is 9.18 Å². The highest BCUT2D eigenvalue weighted by atomic mass is 19.1. The number of hydrogen-bond acceptors (Lipinski definition) is 4. The molecule has 98 valence electrons. The third kappa shape index (κ3) is 2.85. The van der Waals surface area contributed by atoms with Gasteiger partial charge < -0.3 is 9.30 Å². The van der Waals surface area contributed by atoms with Crippen molar-refractivity contribution in [1.29, 1.82) is 0 Å². The maximum Gasteiger partial charge on any atom is 0.343 e. The van der Waals surface area contributed by atoms with E-state index in [-0.39, 0.29) is 5.56 Å². The second-order valence-electron chi connectivity index (χ2n) is 3.87. The molecule has 0 aliphatic rings. The summed E-state index contributed by atoms with van der Waals surface area (Å²) in [5.41, 5.74) is -0.414. The number of aromatic nitrogens is 2. The standard InChI is InChI=1S/C13H11FN2O3/c1-19-13(18)10-7-16(8-11(14)12(10)17)6-9-2-4-15-5-3-9/h2-5,7-8H,6H2,1H3. The lowest BCUT2D eigenvalue weighted by molar-refractivity contribution is 0.0597. The van der Waals surface area contributed by atoms with Crippen molar-refractivity contribution in [2.75, 3.05) is 7.11 Å². The van der Waals surface area contributed by atoms with Gasteiger partial charge in [-0.15, -0.1) is 0 Å². The molecule has 0 unspecified atom stereocenters. The number of halogens is 1. The molecule has 0 N–H and O–H groups in total. The second kappa shape index (κ2) is 5.43. The summed E-state index contributed by atoms with van der Waals surface area (Å²) in [4.78, 5) is 26.7. The number of nitrogens with zero attached hydrogens (tertiary/aromatic N) is 2. The first-order chi connectivity index (χ1) is 9.11. The van der Waals surface area contributed by atoms with Gasteiger partial charge in [0.15, 0.2) is 5.82 Å². The van der Waals surface area contributed by atoms with Gasteiger partial charge in [0.1, 0.15) is 5.56 Å². The second-order valence-corrected chi connectivity index (χ2v) is 3.87. The first kappa shape index (κ1) is 12.9. The van der Waals surface area contributed by atoms with Crippen LogP contribution in [0.4, 0.5) is 4.39 Å². The summed E-state index contributed by atoms with van der Waals surface area (Å²) in [7, 11) is 1.14. The van der Waals surface area contributed by atoms with E-state index in [2.05, 4.69) is 9.72 Å². The Morgan fingerprint density at radius 2 is 2.05 bits per heavy atom. The van der Waals surface area contributed by atoms with Crippen molar-refractivity contribution in [2.45, 2.75) is 6.54 Å². The number of carbonyl (C=O) groups is 1. The van der Waals surface area contributed by atoms with E-state index in [9.17, 15) is 14.0 Å². The van der Waals surface area contributed by atoms with Gasteiger partial charge in [0.25, 0.3) is 0 Å². The van der Waals surface area contributed by atoms with Crippen LogP contribution < -0.4 is 5.43 Å². The molecule has 0 atom stereocenters. The first-order valence-electron chi connectivity index (χ1n) is 5.48. The Hall–Kier alpha value is -2.50. The van der Waals surface area contributed by atoms with Crippen molar-refractivity contribution in [2.24, 2.45) is 0 Å². The van der Waals surface area contributed by atoms with Crippen LogP contribution in [0.15, 0.2) is 41.7 Å². The lowest BCUT2D eigenvalue weighted by atomic mass is 10.2. The van der Waals surface area contributed by atoms with Crippen LogP contribution >= 0.6 is 0 Å². The van der Waals surface area contributed by atoms with E-state index in [0.717, 1.165) is 18.9 Å². The van der Waals surface area contributed by atoms with Gasteiger partial charge >= 0.3 is 5.97 Å². The molecule has 2 aromatic rings. The van der Waals surface area contributed by atoms with Crippen LogP contribution in [0.3, 0.4) is 0 Å². The highest BCUT2D eigenvalue weighted by Crippen LogP contribution is 2.04. The summed E-state index contributed by atoms with van der Waals surface area (Å²) in [6.45, 7) is 0.323. The highest BCUT2D eigenvalue weighted by molar-refractivity contribution is 5.88. The summed E-state index contributed by atoms with van der Waals surface area (Å²) in [5.74, 6) is -1.84. The molecular weight excluding hydrogens is 251 g/mol. The normalized spacial score (nSPS) is 10.2. The average molecular weight is 262 g/mol. The Morgan fingerprint density at radius 1 is 1.37 bits per heavy atom. The molecule has 2 aromatic heterocycles. The highest BCUT2D eigenvalue weighted by Gasteiger charge is 2.15. The zero-order chi connectivity index (χ0) is 13.8. The lowest BCUT2D eigenvalue weighted by Crippen LogP contribution is -2.22. The van der Waals surface area contributed by atoms with Crippen molar-refractivity contribution in [3.8, 4) is 0 Å². The van der Waals surface area contributed by atoms with Gasteiger partial charge in [-0.3, -0.25) is 9.78 Å². The molecule has 2 rings (SSSR count). The fraction of sp³-hybridized carbons (Fsp3) is 0.154. The maximum absolute atomic E-state index is 13.5. The Kier molecular flexibility index (Phi) is 3.70. The van der Waals surface area contributed by atoms with Crippen LogP contribution in [0.2, 0.25) is 0 Å². The van der Waals surface area contributed by atoms with E-state index in [1.807, 2.05) is 0 Å². The Morgan fingerprint density at radius 3 is 2.68 bits per heavy atom. The Bertz CT molecular complexity index is 653. The minimum Gasteiger partial charge on any atom is -0.465 e. The van der Waals surface area contributed by atoms with Gasteiger partial charge in [-0.2, -0.15) is 0 Å². The molecule has 0 spiro atoms. The number of esters is 1. The maximum atomic E-state index is 13.5. The summed E-state index contributed by atoms with van der Waals surface area (Å²) < 4.78 is 19.3. The fourth-order valence-corrected chi connectivity index (χ4v) is 1.64. The van der Waals surface area contributed by atoms with Gasteiger partial charge in [-0.05, 0) is 17.7 Å². The molecule has 0 aromatic carbocycles. The largest absolute Gasteiger partial charge is 0.465 e. The van der Waals surface area contributed by atoms with Crippen molar-refractivity contribution in [3.63, 3.8) is 0 Å². The minimum atomic E-state index is -0.989. The molecule has 2 heterocycles. The molecule has 19 heavy (non-hydrogen) atoms. The van der Waals surface area contributed by atoms with Crippen molar-refractivity contribution in [1.82, 2.24) is 9.55 Å². The molecule has 0 aliphatic carbocycles. The number of methoxy groups -OCH3 is 1. The van der Waals surface area contributed by atoms with Crippen LogP contribution in [-0.4, -0.2) is 22.6 Å². The molecule has 5 nitrogen and oxygen atoms in total. The summed E-state index contributed by atoms with van der Waals surface area (Å²) in [6, 6.07) is 3.52. The van der Waals surface area contributed by atoms with E-state index in [0.29, 0.717) is 6.54 Å². The van der Waals surface area contributed by atoms with E-state index >= 15 is 0 Å². The first-order valence-corrected chi connectivity index (χ1v) is 5.48. The predicted molar refractivity (Wildman–Crippen MR) is 65.3 cm³/mol. The van der Waals surface area contributed by atoms with E-state index in [4.69, 9.17) is 0 Å². The Balaban J connectivity index is 2.40. The monoisotopic (exact) mass is 262 g/mol. The van der Waals surface area contributed by atoms with Gasteiger partial charge in [0.2, 0.25) is 5.43 Å².